The van der Waals surface area contributed by atoms with E-state index in [9.17, 15) is 13.2 Å². The molecule has 0 atom stereocenters. The molecule has 7 heteroatoms. The van der Waals surface area contributed by atoms with Crippen LogP contribution in [0.4, 0.5) is 0 Å². The molecular formula is C24H23N3O3S. The molecule has 31 heavy (non-hydrogen) atoms. The first-order chi connectivity index (χ1) is 14.9. The van der Waals surface area contributed by atoms with Gasteiger partial charge in [-0.15, -0.1) is 0 Å². The minimum atomic E-state index is -3.72. The van der Waals surface area contributed by atoms with E-state index in [0.29, 0.717) is 19.5 Å². The van der Waals surface area contributed by atoms with Crippen molar-refractivity contribution in [3.63, 3.8) is 0 Å². The highest BCUT2D eigenvalue weighted by atomic mass is 32.2. The number of para-hydroxylation sites is 1. The molecule has 3 N–H and O–H groups in total. The monoisotopic (exact) mass is 433 g/mol. The Morgan fingerprint density at radius 2 is 1.58 bits per heavy atom. The fraction of sp³-hybridized carbons (Fsp3) is 0.125. The largest absolute Gasteiger partial charge is 0.352 e. The maximum absolute atomic E-state index is 12.5. The van der Waals surface area contributed by atoms with Crippen molar-refractivity contribution in [1.82, 2.24) is 9.88 Å². The summed E-state index contributed by atoms with van der Waals surface area (Å²) in [5.41, 5.74) is 4.08. The summed E-state index contributed by atoms with van der Waals surface area (Å²) in [6, 6.07) is 26.6. The number of amides is 1. The number of hydrogen-bond donors (Lipinski definition) is 2. The van der Waals surface area contributed by atoms with Gasteiger partial charge in [0.2, 0.25) is 15.9 Å². The molecule has 3 aromatic carbocycles. The van der Waals surface area contributed by atoms with Gasteiger partial charge in [-0.3, -0.25) is 4.79 Å². The lowest BCUT2D eigenvalue weighted by Crippen LogP contribution is -2.24. The van der Waals surface area contributed by atoms with Crippen LogP contribution in [0.1, 0.15) is 12.0 Å². The molecular weight excluding hydrogens is 410 g/mol. The lowest BCUT2D eigenvalue weighted by Gasteiger charge is -2.12. The van der Waals surface area contributed by atoms with Crippen LogP contribution in [0.3, 0.4) is 0 Å². The molecule has 0 fully saturated rings. The average molecular weight is 434 g/mol. The SMILES string of the molecule is NS(=O)(=O)c1ccc(CNC(=O)CCn2c(-c3ccccc3)cc3ccccc32)cc1. The average Bonchev–Trinajstić information content (AvgIpc) is 3.15. The number of primary sulfonamides is 1. The first-order valence-electron chi connectivity index (χ1n) is 9.94. The van der Waals surface area contributed by atoms with Gasteiger partial charge in [0, 0.05) is 36.1 Å². The molecule has 0 aliphatic heterocycles. The number of carbonyl (C=O) groups excluding carboxylic acids is 1. The number of carbonyl (C=O) groups is 1. The number of rotatable bonds is 7. The summed E-state index contributed by atoms with van der Waals surface area (Å²) >= 11 is 0. The molecule has 0 spiro atoms. The van der Waals surface area contributed by atoms with E-state index in [-0.39, 0.29) is 10.8 Å². The van der Waals surface area contributed by atoms with E-state index in [1.807, 2.05) is 30.3 Å². The van der Waals surface area contributed by atoms with Gasteiger partial charge in [0.25, 0.3) is 0 Å². The van der Waals surface area contributed by atoms with Crippen molar-refractivity contribution in [2.75, 3.05) is 0 Å². The van der Waals surface area contributed by atoms with Crippen molar-refractivity contribution < 1.29 is 13.2 Å². The molecule has 1 amide bonds. The van der Waals surface area contributed by atoms with E-state index in [1.54, 1.807) is 12.1 Å². The molecule has 0 bridgehead atoms. The molecule has 1 heterocycles. The maximum Gasteiger partial charge on any atom is 0.238 e. The zero-order chi connectivity index (χ0) is 21.8. The quantitative estimate of drug-likeness (QED) is 0.466. The third-order valence-corrected chi connectivity index (χ3v) is 6.11. The second kappa shape index (κ2) is 8.75. The Morgan fingerprint density at radius 1 is 0.903 bits per heavy atom. The molecule has 0 radical (unpaired) electrons. The zero-order valence-corrected chi connectivity index (χ0v) is 17.7. The Hall–Kier alpha value is -3.42. The van der Waals surface area contributed by atoms with Gasteiger partial charge >= 0.3 is 0 Å². The Morgan fingerprint density at radius 3 is 2.29 bits per heavy atom. The number of nitrogens with zero attached hydrogens (tertiary/aromatic N) is 1. The Kier molecular flexibility index (Phi) is 5.88. The molecule has 1 aromatic heterocycles. The molecule has 0 aliphatic rings. The van der Waals surface area contributed by atoms with Crippen LogP contribution in [-0.2, 0) is 27.9 Å². The Bertz CT molecular complexity index is 1310. The van der Waals surface area contributed by atoms with E-state index in [4.69, 9.17) is 5.14 Å². The third-order valence-electron chi connectivity index (χ3n) is 5.18. The number of benzene rings is 3. The smallest absolute Gasteiger partial charge is 0.238 e. The van der Waals surface area contributed by atoms with Crippen LogP contribution in [0.25, 0.3) is 22.2 Å². The summed E-state index contributed by atoms with van der Waals surface area (Å²) in [5, 5.41) is 9.14. The van der Waals surface area contributed by atoms with Crippen molar-refractivity contribution in [3.05, 3.63) is 90.5 Å². The van der Waals surface area contributed by atoms with Crippen molar-refractivity contribution in [2.24, 2.45) is 5.14 Å². The minimum Gasteiger partial charge on any atom is -0.352 e. The van der Waals surface area contributed by atoms with Crippen LogP contribution < -0.4 is 10.5 Å². The minimum absolute atomic E-state index is 0.0514. The van der Waals surface area contributed by atoms with Gasteiger partial charge in [-0.1, -0.05) is 60.7 Å². The van der Waals surface area contributed by atoms with Crippen molar-refractivity contribution in [1.29, 1.82) is 0 Å². The lowest BCUT2D eigenvalue weighted by molar-refractivity contribution is -0.121. The van der Waals surface area contributed by atoms with Gasteiger partial charge in [0.15, 0.2) is 0 Å². The van der Waals surface area contributed by atoms with E-state index in [0.717, 1.165) is 27.7 Å². The summed E-state index contributed by atoms with van der Waals surface area (Å²) in [6.07, 6.45) is 0.327. The van der Waals surface area contributed by atoms with Crippen LogP contribution >= 0.6 is 0 Å². The van der Waals surface area contributed by atoms with Crippen LogP contribution in [0.5, 0.6) is 0 Å². The number of hydrogen-bond acceptors (Lipinski definition) is 3. The number of fused-ring (bicyclic) bond motifs is 1. The molecule has 0 aliphatic carbocycles. The van der Waals surface area contributed by atoms with Crippen LogP contribution in [0, 0.1) is 0 Å². The van der Waals surface area contributed by atoms with E-state index >= 15 is 0 Å². The molecule has 6 nitrogen and oxygen atoms in total. The topological polar surface area (TPSA) is 94.2 Å². The second-order valence-electron chi connectivity index (χ2n) is 7.32. The van der Waals surface area contributed by atoms with E-state index in [2.05, 4.69) is 40.2 Å². The van der Waals surface area contributed by atoms with Crippen molar-refractivity contribution >= 4 is 26.8 Å². The van der Waals surface area contributed by atoms with E-state index < -0.39 is 10.0 Å². The predicted molar refractivity (Wildman–Crippen MR) is 122 cm³/mol. The van der Waals surface area contributed by atoms with Crippen LogP contribution in [-0.4, -0.2) is 18.9 Å². The highest BCUT2D eigenvalue weighted by Crippen LogP contribution is 2.28. The fourth-order valence-electron chi connectivity index (χ4n) is 3.60. The van der Waals surface area contributed by atoms with Crippen molar-refractivity contribution in [2.45, 2.75) is 24.4 Å². The highest BCUT2D eigenvalue weighted by Gasteiger charge is 2.12. The van der Waals surface area contributed by atoms with Gasteiger partial charge < -0.3 is 9.88 Å². The van der Waals surface area contributed by atoms with Crippen LogP contribution in [0.2, 0.25) is 0 Å². The number of aromatic nitrogens is 1. The second-order valence-corrected chi connectivity index (χ2v) is 8.88. The van der Waals surface area contributed by atoms with Crippen molar-refractivity contribution in [3.8, 4) is 11.3 Å². The van der Waals surface area contributed by atoms with E-state index in [1.165, 1.54) is 12.1 Å². The number of nitrogens with one attached hydrogen (secondary N) is 1. The van der Waals surface area contributed by atoms with Crippen LogP contribution in [0.15, 0.2) is 89.8 Å². The standard InChI is InChI=1S/C24H23N3O3S/c25-31(29,30)21-12-10-18(11-13-21)17-26-24(28)14-15-27-22-9-5-4-8-20(22)16-23(27)19-6-2-1-3-7-19/h1-13,16H,14-15,17H2,(H,26,28)(H2,25,29,30). The molecule has 0 saturated heterocycles. The van der Waals surface area contributed by atoms with Gasteiger partial charge in [0.1, 0.15) is 0 Å². The highest BCUT2D eigenvalue weighted by molar-refractivity contribution is 7.89. The number of sulfonamides is 1. The molecule has 158 valence electrons. The first-order valence-corrected chi connectivity index (χ1v) is 11.5. The Balaban J connectivity index is 1.45. The summed E-state index contributed by atoms with van der Waals surface area (Å²) in [5.74, 6) is -0.0766. The summed E-state index contributed by atoms with van der Waals surface area (Å²) in [6.45, 7) is 0.871. The maximum atomic E-state index is 12.5. The van der Waals surface area contributed by atoms with Gasteiger partial charge in [0.05, 0.1) is 4.90 Å². The predicted octanol–water partition coefficient (Wildman–Crippen LogP) is 3.66. The zero-order valence-electron chi connectivity index (χ0n) is 16.9. The molecule has 4 rings (SSSR count). The van der Waals surface area contributed by atoms with Gasteiger partial charge in [-0.25, -0.2) is 13.6 Å². The van der Waals surface area contributed by atoms with Gasteiger partial charge in [-0.05, 0) is 35.4 Å². The normalized spacial score (nSPS) is 11.5. The first kappa shape index (κ1) is 20.8. The summed E-state index contributed by atoms with van der Waals surface area (Å²) < 4.78 is 24.8. The molecule has 4 aromatic rings. The molecule has 0 saturated carbocycles. The third kappa shape index (κ3) is 4.84. The summed E-state index contributed by atoms with van der Waals surface area (Å²) in [7, 11) is -3.72. The number of nitrogens with two attached hydrogens (primary N) is 1. The summed E-state index contributed by atoms with van der Waals surface area (Å²) in [4.78, 5) is 12.5. The van der Waals surface area contributed by atoms with Gasteiger partial charge in [-0.2, -0.15) is 0 Å². The Labute approximate surface area is 181 Å². The molecule has 0 unspecified atom stereocenters. The number of aryl methyl sites for hydroxylation is 1. The lowest BCUT2D eigenvalue weighted by atomic mass is 10.1. The fourth-order valence-corrected chi connectivity index (χ4v) is 4.11.